The number of fused-ring (bicyclic) bond motifs is 3. The van der Waals surface area contributed by atoms with E-state index in [9.17, 15) is 4.79 Å². The Morgan fingerprint density at radius 2 is 2.19 bits per heavy atom. The lowest BCUT2D eigenvalue weighted by Crippen LogP contribution is -2.48. The Labute approximate surface area is 176 Å². The van der Waals surface area contributed by atoms with Crippen LogP contribution in [0, 0.1) is 0 Å². The van der Waals surface area contributed by atoms with Crippen molar-refractivity contribution in [2.24, 2.45) is 4.99 Å². The lowest BCUT2D eigenvalue weighted by atomic mass is 9.96. The van der Waals surface area contributed by atoms with Gasteiger partial charge in [-0.15, -0.1) is 24.0 Å². The van der Waals surface area contributed by atoms with E-state index >= 15 is 0 Å². The number of rotatable bonds is 5. The molecular weight excluding hydrogens is 459 g/mol. The molecule has 0 aromatic heterocycles. The van der Waals surface area contributed by atoms with Crippen molar-refractivity contribution in [3.8, 4) is 5.75 Å². The van der Waals surface area contributed by atoms with Gasteiger partial charge < -0.3 is 25.0 Å². The molecule has 8 heteroatoms. The van der Waals surface area contributed by atoms with Crippen LogP contribution in [0.25, 0.3) is 0 Å². The Kier molecular flexibility index (Phi) is 6.80. The molecule has 0 aliphatic carbocycles. The molecule has 1 amide bonds. The van der Waals surface area contributed by atoms with E-state index in [4.69, 9.17) is 9.47 Å². The monoisotopic (exact) mass is 486 g/mol. The van der Waals surface area contributed by atoms with Gasteiger partial charge in [-0.2, -0.15) is 0 Å². The maximum absolute atomic E-state index is 12.2. The average molecular weight is 486 g/mol. The number of guanidine groups is 1. The van der Waals surface area contributed by atoms with Crippen molar-refractivity contribution in [3.05, 3.63) is 24.3 Å². The molecule has 1 aromatic rings. The van der Waals surface area contributed by atoms with Crippen molar-refractivity contribution >= 4 is 41.5 Å². The van der Waals surface area contributed by atoms with Gasteiger partial charge in [-0.1, -0.05) is 12.1 Å². The predicted molar refractivity (Wildman–Crippen MR) is 115 cm³/mol. The smallest absolute Gasteiger partial charge is 0.265 e. The Hall–Kier alpha value is -1.55. The molecule has 7 nitrogen and oxygen atoms in total. The highest BCUT2D eigenvalue weighted by atomic mass is 127. The van der Waals surface area contributed by atoms with Gasteiger partial charge in [0, 0.05) is 20.1 Å². The summed E-state index contributed by atoms with van der Waals surface area (Å²) in [6.07, 6.45) is 4.95. The normalized spacial score (nSPS) is 26.3. The molecule has 1 aromatic carbocycles. The lowest BCUT2D eigenvalue weighted by molar-refractivity contribution is -0.121. The summed E-state index contributed by atoms with van der Waals surface area (Å²) in [6, 6.07) is 8.03. The van der Waals surface area contributed by atoms with E-state index in [0.717, 1.165) is 43.2 Å². The molecule has 2 saturated heterocycles. The molecule has 3 aliphatic heterocycles. The Morgan fingerprint density at radius 3 is 2.93 bits per heavy atom. The molecular formula is C19H27IN4O3. The molecule has 3 unspecified atom stereocenters. The number of benzene rings is 1. The average Bonchev–Trinajstić information content (AvgIpc) is 3.28. The van der Waals surface area contributed by atoms with Gasteiger partial charge in [0.1, 0.15) is 5.75 Å². The fourth-order valence-electron chi connectivity index (χ4n) is 4.00. The first kappa shape index (κ1) is 20.2. The van der Waals surface area contributed by atoms with Gasteiger partial charge in [0.05, 0.1) is 23.9 Å². The van der Waals surface area contributed by atoms with Crippen LogP contribution in [0.15, 0.2) is 29.3 Å². The van der Waals surface area contributed by atoms with Crippen molar-refractivity contribution < 1.29 is 14.3 Å². The van der Waals surface area contributed by atoms with Crippen LogP contribution < -0.4 is 20.3 Å². The zero-order valence-corrected chi connectivity index (χ0v) is 17.8. The minimum atomic E-state index is 0. The first-order valence-electron chi connectivity index (χ1n) is 9.39. The highest BCUT2D eigenvalue weighted by molar-refractivity contribution is 14.0. The third-order valence-electron chi connectivity index (χ3n) is 5.31. The number of carbonyl (C=O) groups excluding carboxylic acids is 1. The topological polar surface area (TPSA) is 75.2 Å². The Balaban J connectivity index is 0.00000210. The third-order valence-corrected chi connectivity index (χ3v) is 5.31. The summed E-state index contributed by atoms with van der Waals surface area (Å²) in [6.45, 7) is 1.51. The fourth-order valence-corrected chi connectivity index (χ4v) is 4.00. The van der Waals surface area contributed by atoms with Gasteiger partial charge >= 0.3 is 0 Å². The van der Waals surface area contributed by atoms with Gasteiger partial charge in [-0.25, -0.2) is 0 Å². The number of nitrogens with one attached hydrogen (secondary N) is 2. The second-order valence-electron chi connectivity index (χ2n) is 7.01. The third kappa shape index (κ3) is 4.48. The fraction of sp³-hybridized carbons (Fsp3) is 0.579. The summed E-state index contributed by atoms with van der Waals surface area (Å²) in [4.78, 5) is 18.3. The number of anilines is 1. The number of hydrogen-bond donors (Lipinski definition) is 2. The number of amides is 1. The van der Waals surface area contributed by atoms with Crippen molar-refractivity contribution in [3.63, 3.8) is 0 Å². The summed E-state index contributed by atoms with van der Waals surface area (Å²) in [5, 5.41) is 6.82. The van der Waals surface area contributed by atoms with Crippen molar-refractivity contribution in [1.82, 2.24) is 10.6 Å². The number of halogens is 1. The van der Waals surface area contributed by atoms with Crippen LogP contribution in [0.4, 0.5) is 5.69 Å². The quantitative estimate of drug-likeness (QED) is 0.288. The van der Waals surface area contributed by atoms with E-state index in [1.165, 1.54) is 6.42 Å². The summed E-state index contributed by atoms with van der Waals surface area (Å²) in [5.74, 6) is 1.58. The summed E-state index contributed by atoms with van der Waals surface area (Å²) in [5.41, 5.74) is 0.852. The van der Waals surface area contributed by atoms with Crippen molar-refractivity contribution in [1.29, 1.82) is 0 Å². The predicted octanol–water partition coefficient (Wildman–Crippen LogP) is 1.90. The van der Waals surface area contributed by atoms with E-state index in [1.807, 2.05) is 24.3 Å². The minimum Gasteiger partial charge on any atom is -0.482 e. The summed E-state index contributed by atoms with van der Waals surface area (Å²) >= 11 is 0. The number of ether oxygens (including phenoxy) is 2. The highest BCUT2D eigenvalue weighted by Gasteiger charge is 2.41. The second-order valence-corrected chi connectivity index (χ2v) is 7.01. The molecule has 0 radical (unpaired) electrons. The second kappa shape index (κ2) is 9.09. The zero-order chi connectivity index (χ0) is 17.9. The first-order chi connectivity index (χ1) is 12.7. The van der Waals surface area contributed by atoms with Crippen LogP contribution in [0.1, 0.15) is 25.7 Å². The molecule has 3 atom stereocenters. The molecule has 0 spiro atoms. The Bertz CT molecular complexity index is 699. The summed E-state index contributed by atoms with van der Waals surface area (Å²) < 4.78 is 11.4. The van der Waals surface area contributed by atoms with Crippen LogP contribution in [-0.4, -0.2) is 56.9 Å². The number of carbonyl (C=O) groups is 1. The maximum atomic E-state index is 12.2. The van der Waals surface area contributed by atoms with Crippen LogP contribution in [0.5, 0.6) is 5.75 Å². The number of para-hydroxylation sites is 2. The van der Waals surface area contributed by atoms with Crippen LogP contribution in [0.2, 0.25) is 0 Å². The maximum Gasteiger partial charge on any atom is 0.265 e. The van der Waals surface area contributed by atoms with E-state index in [0.29, 0.717) is 24.8 Å². The molecule has 3 heterocycles. The number of hydrogen-bond acceptors (Lipinski definition) is 4. The van der Waals surface area contributed by atoms with Gasteiger partial charge in [0.2, 0.25) is 0 Å². The highest BCUT2D eigenvalue weighted by Crippen LogP contribution is 2.34. The van der Waals surface area contributed by atoms with E-state index in [2.05, 4.69) is 15.6 Å². The number of nitrogens with zero attached hydrogens (tertiary/aromatic N) is 2. The van der Waals surface area contributed by atoms with Crippen LogP contribution >= 0.6 is 24.0 Å². The van der Waals surface area contributed by atoms with Crippen LogP contribution in [0.3, 0.4) is 0 Å². The summed E-state index contributed by atoms with van der Waals surface area (Å²) in [7, 11) is 1.78. The molecule has 148 valence electrons. The Morgan fingerprint density at radius 1 is 1.33 bits per heavy atom. The van der Waals surface area contributed by atoms with Crippen molar-refractivity contribution in [2.45, 2.75) is 43.9 Å². The first-order valence-corrected chi connectivity index (χ1v) is 9.39. The van der Waals surface area contributed by atoms with E-state index in [1.54, 1.807) is 11.9 Å². The van der Waals surface area contributed by atoms with Gasteiger partial charge in [0.15, 0.2) is 12.6 Å². The molecule has 27 heavy (non-hydrogen) atoms. The standard InChI is InChI=1S/C19H26N4O3.HI/c1-20-19(22-14-11-13-7-8-16(14)26-13)21-9-4-10-23-15-5-2-3-6-17(15)25-12-18(23)24;/h2-3,5-6,13-14,16H,4,7-12H2,1H3,(H2,20,21,22);1H. The molecule has 3 aliphatic rings. The van der Waals surface area contributed by atoms with Gasteiger partial charge in [0.25, 0.3) is 5.91 Å². The zero-order valence-electron chi connectivity index (χ0n) is 15.5. The minimum absolute atomic E-state index is 0. The number of aliphatic imine (C=N–C) groups is 1. The molecule has 2 N–H and O–H groups in total. The van der Waals surface area contributed by atoms with Crippen molar-refractivity contribution in [2.75, 3.05) is 31.6 Å². The van der Waals surface area contributed by atoms with Gasteiger partial charge in [-0.05, 0) is 37.8 Å². The van der Waals surface area contributed by atoms with Gasteiger partial charge in [-0.3, -0.25) is 9.79 Å². The molecule has 4 rings (SSSR count). The van der Waals surface area contributed by atoms with E-state index < -0.39 is 0 Å². The van der Waals surface area contributed by atoms with E-state index in [-0.39, 0.29) is 36.5 Å². The molecule has 2 fully saturated rings. The van der Waals surface area contributed by atoms with Crippen LogP contribution in [-0.2, 0) is 9.53 Å². The molecule has 2 bridgehead atoms. The largest absolute Gasteiger partial charge is 0.482 e. The molecule has 0 saturated carbocycles. The lowest BCUT2D eigenvalue weighted by Gasteiger charge is -2.29. The SMILES string of the molecule is CN=C(NCCCN1C(=O)COc2ccccc21)NC1CC2CCC1O2.I.